The van der Waals surface area contributed by atoms with Crippen LogP contribution in [0, 0.1) is 0 Å². The zero-order valence-corrected chi connectivity index (χ0v) is 9.96. The molecule has 2 aromatic rings. The van der Waals surface area contributed by atoms with Crippen molar-refractivity contribution in [1.29, 1.82) is 0 Å². The van der Waals surface area contributed by atoms with Gasteiger partial charge in [0.05, 0.1) is 12.8 Å². The van der Waals surface area contributed by atoms with Crippen molar-refractivity contribution in [1.82, 2.24) is 10.3 Å². The van der Waals surface area contributed by atoms with E-state index in [1.165, 1.54) is 0 Å². The molecular formula is C13H14N2O3. The average molecular weight is 246 g/mol. The summed E-state index contributed by atoms with van der Waals surface area (Å²) in [6.07, 6.45) is 4.71. The quantitative estimate of drug-likeness (QED) is 0.840. The van der Waals surface area contributed by atoms with Crippen molar-refractivity contribution in [2.45, 2.75) is 19.0 Å². The predicted molar refractivity (Wildman–Crippen MR) is 64.8 cm³/mol. The van der Waals surface area contributed by atoms with Gasteiger partial charge in [0.15, 0.2) is 0 Å². The van der Waals surface area contributed by atoms with Crippen molar-refractivity contribution in [3.05, 3.63) is 54.2 Å². The number of hydrogen-bond donors (Lipinski definition) is 2. The summed E-state index contributed by atoms with van der Waals surface area (Å²) >= 11 is 0. The summed E-state index contributed by atoms with van der Waals surface area (Å²) in [7, 11) is 0. The van der Waals surface area contributed by atoms with Crippen LogP contribution in [0.5, 0.6) is 0 Å². The molecule has 0 saturated carbocycles. The maximum Gasteiger partial charge on any atom is 0.328 e. The van der Waals surface area contributed by atoms with Crippen LogP contribution in [0.15, 0.2) is 47.3 Å². The zero-order chi connectivity index (χ0) is 13.0. The Bertz CT molecular complexity index is 510. The highest BCUT2D eigenvalue weighted by molar-refractivity contribution is 5.80. The lowest BCUT2D eigenvalue weighted by atomic mass is 9.93. The van der Waals surface area contributed by atoms with E-state index in [4.69, 9.17) is 4.42 Å². The molecule has 5 heteroatoms. The van der Waals surface area contributed by atoms with E-state index >= 15 is 0 Å². The van der Waals surface area contributed by atoms with E-state index in [1.54, 1.807) is 49.8 Å². The first kappa shape index (κ1) is 12.3. The number of nitrogens with one attached hydrogen (secondary N) is 1. The summed E-state index contributed by atoms with van der Waals surface area (Å²) in [4.78, 5) is 15.4. The van der Waals surface area contributed by atoms with E-state index in [9.17, 15) is 9.90 Å². The molecule has 0 aliphatic rings. The Balaban J connectivity index is 2.20. The number of carbonyl (C=O) groups is 1. The number of rotatable bonds is 5. The second-order valence-corrected chi connectivity index (χ2v) is 4.10. The molecule has 0 bridgehead atoms. The third-order valence-electron chi connectivity index (χ3n) is 2.88. The van der Waals surface area contributed by atoms with Crippen LogP contribution in [0.1, 0.15) is 18.2 Å². The van der Waals surface area contributed by atoms with Crippen molar-refractivity contribution < 1.29 is 14.3 Å². The number of pyridine rings is 1. The molecule has 0 aliphatic carbocycles. The minimum atomic E-state index is -1.17. The third kappa shape index (κ3) is 2.41. The molecule has 1 unspecified atom stereocenters. The minimum absolute atomic E-state index is 0.345. The highest BCUT2D eigenvalue weighted by Gasteiger charge is 2.34. The zero-order valence-electron chi connectivity index (χ0n) is 9.96. The van der Waals surface area contributed by atoms with Gasteiger partial charge in [-0.1, -0.05) is 0 Å². The summed E-state index contributed by atoms with van der Waals surface area (Å²) in [6.45, 7) is 1.96. The van der Waals surface area contributed by atoms with Gasteiger partial charge in [0.25, 0.3) is 0 Å². The third-order valence-corrected chi connectivity index (χ3v) is 2.88. The van der Waals surface area contributed by atoms with E-state index in [0.717, 1.165) is 0 Å². The fourth-order valence-corrected chi connectivity index (χ4v) is 1.66. The fraction of sp³-hybridized carbons (Fsp3) is 0.231. The van der Waals surface area contributed by atoms with Crippen LogP contribution in [0.2, 0.25) is 0 Å². The number of carboxylic acid groups (broad SMARTS) is 1. The van der Waals surface area contributed by atoms with Gasteiger partial charge in [-0.3, -0.25) is 10.3 Å². The predicted octanol–water partition coefficient (Wildman–Crippen LogP) is 1.76. The Morgan fingerprint density at radius 1 is 1.44 bits per heavy atom. The van der Waals surface area contributed by atoms with Crippen LogP contribution in [0.3, 0.4) is 0 Å². The lowest BCUT2D eigenvalue weighted by Gasteiger charge is -2.26. The van der Waals surface area contributed by atoms with Gasteiger partial charge in [0, 0.05) is 12.4 Å². The second-order valence-electron chi connectivity index (χ2n) is 4.10. The summed E-state index contributed by atoms with van der Waals surface area (Å²) in [6, 6.07) is 6.93. The molecule has 0 fully saturated rings. The first-order chi connectivity index (χ1) is 8.63. The Labute approximate surface area is 104 Å². The largest absolute Gasteiger partial charge is 0.480 e. The monoisotopic (exact) mass is 246 g/mol. The molecule has 0 aliphatic heterocycles. The molecule has 2 rings (SSSR count). The van der Waals surface area contributed by atoms with Crippen molar-refractivity contribution in [2.24, 2.45) is 0 Å². The van der Waals surface area contributed by atoms with E-state index in [-0.39, 0.29) is 0 Å². The normalized spacial score (nSPS) is 14.1. The summed E-state index contributed by atoms with van der Waals surface area (Å²) in [5, 5.41) is 12.4. The van der Waals surface area contributed by atoms with Crippen molar-refractivity contribution in [2.75, 3.05) is 0 Å². The van der Waals surface area contributed by atoms with Crippen LogP contribution in [-0.4, -0.2) is 16.1 Å². The molecule has 94 valence electrons. The van der Waals surface area contributed by atoms with E-state index in [0.29, 0.717) is 17.9 Å². The van der Waals surface area contributed by atoms with Gasteiger partial charge in [-0.2, -0.15) is 0 Å². The molecule has 18 heavy (non-hydrogen) atoms. The van der Waals surface area contributed by atoms with Gasteiger partial charge in [-0.15, -0.1) is 0 Å². The number of nitrogens with zero attached hydrogens (tertiary/aromatic N) is 1. The van der Waals surface area contributed by atoms with E-state index in [2.05, 4.69) is 10.3 Å². The van der Waals surface area contributed by atoms with Crippen molar-refractivity contribution in [3.8, 4) is 0 Å². The Morgan fingerprint density at radius 3 is 2.72 bits per heavy atom. The first-order valence-corrected chi connectivity index (χ1v) is 5.54. The standard InChI is InChI=1S/C13H14N2O3/c1-13(12(16)17,10-4-6-14-7-5-10)15-9-11-3-2-8-18-11/h2-8,15H,9H2,1H3,(H,16,17). The number of aliphatic carboxylic acids is 1. The van der Waals surface area contributed by atoms with Crippen LogP contribution in [0.4, 0.5) is 0 Å². The molecule has 2 N–H and O–H groups in total. The fourth-order valence-electron chi connectivity index (χ4n) is 1.66. The average Bonchev–Trinajstić information content (AvgIpc) is 2.90. The molecule has 0 saturated heterocycles. The summed E-state index contributed by atoms with van der Waals surface area (Å²) in [5.41, 5.74) is -0.521. The van der Waals surface area contributed by atoms with Gasteiger partial charge in [-0.25, -0.2) is 4.79 Å². The van der Waals surface area contributed by atoms with Gasteiger partial charge in [0.2, 0.25) is 0 Å². The van der Waals surface area contributed by atoms with Gasteiger partial charge < -0.3 is 9.52 Å². The summed E-state index contributed by atoms with van der Waals surface area (Å²) < 4.78 is 5.18. The lowest BCUT2D eigenvalue weighted by molar-refractivity contribution is -0.144. The van der Waals surface area contributed by atoms with E-state index < -0.39 is 11.5 Å². The number of furan rings is 1. The highest BCUT2D eigenvalue weighted by Crippen LogP contribution is 2.21. The van der Waals surface area contributed by atoms with E-state index in [1.807, 2.05) is 0 Å². The molecule has 0 spiro atoms. The highest BCUT2D eigenvalue weighted by atomic mass is 16.4. The van der Waals surface area contributed by atoms with Crippen LogP contribution in [-0.2, 0) is 16.9 Å². The lowest BCUT2D eigenvalue weighted by Crippen LogP contribution is -2.46. The van der Waals surface area contributed by atoms with Crippen LogP contribution < -0.4 is 5.32 Å². The molecule has 0 amide bonds. The first-order valence-electron chi connectivity index (χ1n) is 5.54. The molecule has 2 aromatic heterocycles. The Kier molecular flexibility index (Phi) is 3.43. The van der Waals surface area contributed by atoms with Gasteiger partial charge >= 0.3 is 5.97 Å². The molecule has 0 radical (unpaired) electrons. The topological polar surface area (TPSA) is 75.4 Å². The molecule has 0 aromatic carbocycles. The SMILES string of the molecule is CC(NCc1ccco1)(C(=O)O)c1ccncc1. The van der Waals surface area contributed by atoms with Crippen molar-refractivity contribution >= 4 is 5.97 Å². The van der Waals surface area contributed by atoms with Crippen LogP contribution in [0.25, 0.3) is 0 Å². The Hall–Kier alpha value is -2.14. The molecule has 5 nitrogen and oxygen atoms in total. The minimum Gasteiger partial charge on any atom is -0.480 e. The maximum atomic E-state index is 11.5. The number of carboxylic acids is 1. The van der Waals surface area contributed by atoms with Crippen LogP contribution >= 0.6 is 0 Å². The van der Waals surface area contributed by atoms with Gasteiger partial charge in [0.1, 0.15) is 11.3 Å². The van der Waals surface area contributed by atoms with Gasteiger partial charge in [-0.05, 0) is 36.8 Å². The summed E-state index contributed by atoms with van der Waals surface area (Å²) in [5.74, 6) is -0.253. The number of hydrogen-bond acceptors (Lipinski definition) is 4. The van der Waals surface area contributed by atoms with Crippen molar-refractivity contribution in [3.63, 3.8) is 0 Å². The second kappa shape index (κ2) is 5.01. The molecular weight excluding hydrogens is 232 g/mol. The maximum absolute atomic E-state index is 11.5. The molecule has 2 heterocycles. The Morgan fingerprint density at radius 2 is 2.17 bits per heavy atom. The number of aromatic nitrogens is 1. The smallest absolute Gasteiger partial charge is 0.328 e. The molecule has 1 atom stereocenters.